The van der Waals surface area contributed by atoms with E-state index in [4.69, 9.17) is 14.2 Å². The van der Waals surface area contributed by atoms with Crippen molar-refractivity contribution in [2.45, 2.75) is 46.6 Å². The first kappa shape index (κ1) is 24.2. The number of hydrogen-bond acceptors (Lipinski definition) is 5. The monoisotopic (exact) mass is 470 g/mol. The molecule has 0 N–H and O–H groups in total. The zero-order valence-electron chi connectivity index (χ0n) is 20.6. The van der Waals surface area contributed by atoms with Crippen LogP contribution < -0.4 is 19.8 Å². The summed E-state index contributed by atoms with van der Waals surface area (Å²) in [5, 5.41) is 10.1. The van der Waals surface area contributed by atoms with E-state index in [-0.39, 0.29) is 5.56 Å². The van der Waals surface area contributed by atoms with E-state index >= 15 is 0 Å². The molecule has 180 valence electrons. The van der Waals surface area contributed by atoms with Gasteiger partial charge in [0.05, 0.1) is 36.3 Å². The zero-order chi connectivity index (χ0) is 24.9. The lowest BCUT2D eigenvalue weighted by Gasteiger charge is -2.29. The number of nitriles is 1. The summed E-state index contributed by atoms with van der Waals surface area (Å²) in [6.07, 6.45) is 0.718. The van der Waals surface area contributed by atoms with Gasteiger partial charge in [-0.15, -0.1) is 0 Å². The number of hydrogen-bond donors (Lipinski definition) is 0. The summed E-state index contributed by atoms with van der Waals surface area (Å²) in [6.45, 7) is 8.90. The number of fused-ring (bicyclic) bond motifs is 1. The first-order valence-corrected chi connectivity index (χ1v) is 12.0. The average molecular weight is 471 g/mol. The molecule has 1 aromatic heterocycles. The molecular formula is C29H30N2O4. The van der Waals surface area contributed by atoms with Crippen LogP contribution in [0.4, 0.5) is 0 Å². The molecule has 0 fully saturated rings. The minimum Gasteiger partial charge on any atom is -0.490 e. The van der Waals surface area contributed by atoms with Gasteiger partial charge in [-0.25, -0.2) is 0 Å². The van der Waals surface area contributed by atoms with Gasteiger partial charge in [-0.1, -0.05) is 42.5 Å². The summed E-state index contributed by atoms with van der Waals surface area (Å²) in [5.74, 6) is 1.48. The number of aryl methyl sites for hydroxylation is 2. The molecular weight excluding hydrogens is 440 g/mol. The molecule has 0 amide bonds. The fourth-order valence-corrected chi connectivity index (χ4v) is 4.62. The van der Waals surface area contributed by atoms with Crippen LogP contribution >= 0.6 is 0 Å². The number of benzene rings is 2. The number of pyridine rings is 1. The van der Waals surface area contributed by atoms with Crippen molar-refractivity contribution in [3.8, 4) is 23.3 Å². The molecule has 2 heterocycles. The quantitative estimate of drug-likeness (QED) is 0.433. The van der Waals surface area contributed by atoms with Crippen LogP contribution in [-0.4, -0.2) is 17.8 Å². The van der Waals surface area contributed by atoms with Crippen molar-refractivity contribution in [3.05, 3.63) is 98.7 Å². The molecule has 1 aliphatic heterocycles. The van der Waals surface area contributed by atoms with Crippen LogP contribution in [0.5, 0.6) is 17.2 Å². The van der Waals surface area contributed by atoms with Crippen LogP contribution in [0.3, 0.4) is 0 Å². The van der Waals surface area contributed by atoms with Gasteiger partial charge in [-0.05, 0) is 45.7 Å². The summed E-state index contributed by atoms with van der Waals surface area (Å²) < 4.78 is 19.6. The van der Waals surface area contributed by atoms with Gasteiger partial charge in [0.15, 0.2) is 11.5 Å². The zero-order valence-corrected chi connectivity index (χ0v) is 20.6. The third-order valence-electron chi connectivity index (χ3n) is 6.22. The summed E-state index contributed by atoms with van der Waals surface area (Å²) in [4.78, 5) is 14.0. The second-order valence-electron chi connectivity index (χ2n) is 8.41. The van der Waals surface area contributed by atoms with Crippen molar-refractivity contribution in [3.63, 3.8) is 0 Å². The molecule has 0 saturated carbocycles. The van der Waals surface area contributed by atoms with Gasteiger partial charge < -0.3 is 18.8 Å². The minimum absolute atomic E-state index is 0.162. The van der Waals surface area contributed by atoms with Crippen LogP contribution in [0.25, 0.3) is 0 Å². The highest BCUT2D eigenvalue weighted by Gasteiger charge is 2.36. The van der Waals surface area contributed by atoms with Gasteiger partial charge >= 0.3 is 0 Å². The average Bonchev–Trinajstić information content (AvgIpc) is 2.85. The third kappa shape index (κ3) is 4.67. The van der Waals surface area contributed by atoms with Gasteiger partial charge in [0.25, 0.3) is 5.56 Å². The van der Waals surface area contributed by atoms with Crippen molar-refractivity contribution in [2.24, 2.45) is 0 Å². The van der Waals surface area contributed by atoms with E-state index in [2.05, 4.69) is 18.2 Å². The number of ether oxygens (including phenoxy) is 3. The summed E-state index contributed by atoms with van der Waals surface area (Å²) >= 11 is 0. The van der Waals surface area contributed by atoms with Gasteiger partial charge in [-0.3, -0.25) is 4.79 Å². The van der Waals surface area contributed by atoms with Crippen molar-refractivity contribution >= 4 is 0 Å². The number of aromatic nitrogens is 1. The molecule has 2 aromatic carbocycles. The Labute approximate surface area is 206 Å². The number of nitrogens with zero attached hydrogens (tertiary/aromatic N) is 2. The second kappa shape index (κ2) is 10.5. The smallest absolute Gasteiger partial charge is 0.258 e. The molecule has 0 radical (unpaired) electrons. The Kier molecular flexibility index (Phi) is 7.26. The summed E-state index contributed by atoms with van der Waals surface area (Å²) in [5.41, 5.74) is 3.35. The van der Waals surface area contributed by atoms with Crippen molar-refractivity contribution < 1.29 is 14.2 Å². The van der Waals surface area contributed by atoms with Crippen molar-refractivity contribution in [2.75, 3.05) is 13.2 Å². The predicted octanol–water partition coefficient (Wildman–Crippen LogP) is 5.52. The molecule has 1 atom stereocenters. The Morgan fingerprint density at radius 3 is 2.46 bits per heavy atom. The topological polar surface area (TPSA) is 73.5 Å². The van der Waals surface area contributed by atoms with Crippen molar-refractivity contribution in [1.82, 2.24) is 4.57 Å². The van der Waals surface area contributed by atoms with E-state index in [1.807, 2.05) is 63.2 Å². The fourth-order valence-electron chi connectivity index (χ4n) is 4.62. The van der Waals surface area contributed by atoms with E-state index in [1.54, 1.807) is 11.5 Å². The van der Waals surface area contributed by atoms with Gasteiger partial charge in [0, 0.05) is 23.9 Å². The first-order chi connectivity index (χ1) is 17.0. The molecule has 1 unspecified atom stereocenters. The SMILES string of the molecule is CCOc1cccc(C2C(C#N)=C(C)Oc3cc(C)n(CCc4ccccc4)c(=O)c32)c1OCC. The number of rotatable bonds is 8. The lowest BCUT2D eigenvalue weighted by atomic mass is 9.82. The van der Waals surface area contributed by atoms with E-state index < -0.39 is 5.92 Å². The van der Waals surface area contributed by atoms with E-state index in [0.29, 0.717) is 59.5 Å². The maximum Gasteiger partial charge on any atom is 0.258 e. The first-order valence-electron chi connectivity index (χ1n) is 12.0. The standard InChI is InChI=1S/C29H30N2O4/c1-5-33-24-14-10-13-22(28(24)34-6-2)26-23(18-30)20(4)35-25-17-19(3)31(29(32)27(25)26)16-15-21-11-8-7-9-12-21/h7-14,17,26H,5-6,15-16H2,1-4H3. The van der Waals surface area contributed by atoms with Crippen LogP contribution in [0.1, 0.15) is 49.1 Å². The molecule has 6 heteroatoms. The fraction of sp³-hybridized carbons (Fsp3) is 0.310. The lowest BCUT2D eigenvalue weighted by molar-refractivity contribution is 0.284. The molecule has 0 aliphatic carbocycles. The Balaban J connectivity index is 1.90. The molecule has 6 nitrogen and oxygen atoms in total. The van der Waals surface area contributed by atoms with Gasteiger partial charge in [0.1, 0.15) is 11.5 Å². The Morgan fingerprint density at radius 2 is 1.77 bits per heavy atom. The molecule has 1 aliphatic rings. The van der Waals surface area contributed by atoms with Crippen LogP contribution in [0.2, 0.25) is 0 Å². The van der Waals surface area contributed by atoms with Gasteiger partial charge in [-0.2, -0.15) is 5.26 Å². The second-order valence-corrected chi connectivity index (χ2v) is 8.41. The van der Waals surface area contributed by atoms with E-state index in [0.717, 1.165) is 17.7 Å². The van der Waals surface area contributed by atoms with Crippen LogP contribution in [0, 0.1) is 18.3 Å². The highest BCUT2D eigenvalue weighted by Crippen LogP contribution is 2.46. The van der Waals surface area contributed by atoms with Crippen LogP contribution in [-0.2, 0) is 13.0 Å². The maximum absolute atomic E-state index is 14.0. The molecule has 0 saturated heterocycles. The lowest BCUT2D eigenvalue weighted by Crippen LogP contribution is -2.32. The van der Waals surface area contributed by atoms with Gasteiger partial charge in [0.2, 0.25) is 0 Å². The maximum atomic E-state index is 14.0. The predicted molar refractivity (Wildman–Crippen MR) is 135 cm³/mol. The Morgan fingerprint density at radius 1 is 1.03 bits per heavy atom. The number of allylic oxidation sites excluding steroid dienone is 2. The molecule has 4 rings (SSSR count). The summed E-state index contributed by atoms with van der Waals surface area (Å²) in [6, 6.07) is 19.9. The molecule has 0 spiro atoms. The van der Waals surface area contributed by atoms with E-state index in [1.165, 1.54) is 0 Å². The highest BCUT2D eigenvalue weighted by molar-refractivity contribution is 5.61. The van der Waals surface area contributed by atoms with Crippen LogP contribution in [0.15, 0.2) is 70.7 Å². The van der Waals surface area contributed by atoms with E-state index in [9.17, 15) is 10.1 Å². The highest BCUT2D eigenvalue weighted by atomic mass is 16.5. The Hall–Kier alpha value is -3.98. The summed E-state index contributed by atoms with van der Waals surface area (Å²) in [7, 11) is 0. The largest absolute Gasteiger partial charge is 0.490 e. The normalized spacial score (nSPS) is 14.7. The molecule has 35 heavy (non-hydrogen) atoms. The molecule has 3 aromatic rings. The Bertz CT molecular complexity index is 1350. The minimum atomic E-state index is -0.623. The van der Waals surface area contributed by atoms with Crippen molar-refractivity contribution in [1.29, 1.82) is 5.26 Å². The number of para-hydroxylation sites is 1. The molecule has 0 bridgehead atoms. The third-order valence-corrected chi connectivity index (χ3v) is 6.22.